The quantitative estimate of drug-likeness (QED) is 0.781. The molecule has 0 spiro atoms. The van der Waals surface area contributed by atoms with Gasteiger partial charge < -0.3 is 14.8 Å². The number of aryl methyl sites for hydroxylation is 2. The van der Waals surface area contributed by atoms with E-state index in [4.69, 9.17) is 9.47 Å². The minimum atomic E-state index is -0.452. The molecule has 0 radical (unpaired) electrons. The number of nitrogens with one attached hydrogen (secondary N) is 1. The monoisotopic (exact) mass is 408 g/mol. The maximum Gasteiger partial charge on any atom is 0.414 e. The topological polar surface area (TPSA) is 67.9 Å². The lowest BCUT2D eigenvalue weighted by atomic mass is 9.89. The van der Waals surface area contributed by atoms with Crippen molar-refractivity contribution >= 4 is 17.9 Å². The standard InChI is InChI=1S/C24H28N2O4/c1-3-29-24(28)26-16(2)12-21(20-13-18-10-7-11-19(18)14-22(20)26)25-23(27)30-15-17-8-5-4-6-9-17/h4-6,8-9,13-14,16,21H,3,7,10-12,15H2,1-2H3,(H,25,27)/t16-,21+/m0/s1. The zero-order valence-electron chi connectivity index (χ0n) is 17.5. The van der Waals surface area contributed by atoms with Crippen molar-refractivity contribution < 1.29 is 19.1 Å². The van der Waals surface area contributed by atoms with Crippen molar-refractivity contribution in [2.75, 3.05) is 11.5 Å². The zero-order chi connectivity index (χ0) is 21.1. The van der Waals surface area contributed by atoms with E-state index in [2.05, 4.69) is 17.4 Å². The van der Waals surface area contributed by atoms with Gasteiger partial charge >= 0.3 is 12.2 Å². The van der Waals surface area contributed by atoms with Gasteiger partial charge in [0.1, 0.15) is 6.61 Å². The summed E-state index contributed by atoms with van der Waals surface area (Å²) in [5.41, 5.74) is 5.31. The van der Waals surface area contributed by atoms with Gasteiger partial charge in [-0.2, -0.15) is 0 Å². The van der Waals surface area contributed by atoms with Gasteiger partial charge in [0.25, 0.3) is 0 Å². The number of hydrogen-bond donors (Lipinski definition) is 1. The Morgan fingerprint density at radius 1 is 1.10 bits per heavy atom. The summed E-state index contributed by atoms with van der Waals surface area (Å²) in [6.07, 6.45) is 2.98. The van der Waals surface area contributed by atoms with Crippen LogP contribution in [0.4, 0.5) is 15.3 Å². The number of rotatable bonds is 4. The highest BCUT2D eigenvalue weighted by Crippen LogP contribution is 2.41. The molecule has 1 N–H and O–H groups in total. The Morgan fingerprint density at radius 3 is 2.57 bits per heavy atom. The van der Waals surface area contributed by atoms with E-state index < -0.39 is 6.09 Å². The van der Waals surface area contributed by atoms with E-state index in [1.807, 2.05) is 44.2 Å². The van der Waals surface area contributed by atoms with Gasteiger partial charge in [0.2, 0.25) is 0 Å². The highest BCUT2D eigenvalue weighted by atomic mass is 16.6. The number of ether oxygens (including phenoxy) is 2. The average Bonchev–Trinajstić information content (AvgIpc) is 3.19. The molecule has 6 heteroatoms. The number of carbonyl (C=O) groups is 2. The fraction of sp³-hybridized carbons (Fsp3) is 0.417. The first-order chi connectivity index (χ1) is 14.6. The third-order valence-electron chi connectivity index (χ3n) is 5.86. The van der Waals surface area contributed by atoms with Gasteiger partial charge in [0.15, 0.2) is 0 Å². The second kappa shape index (κ2) is 8.78. The van der Waals surface area contributed by atoms with Crippen molar-refractivity contribution in [3.8, 4) is 0 Å². The lowest BCUT2D eigenvalue weighted by Gasteiger charge is -2.39. The molecule has 1 aliphatic heterocycles. The van der Waals surface area contributed by atoms with Crippen molar-refractivity contribution in [3.63, 3.8) is 0 Å². The first-order valence-corrected chi connectivity index (χ1v) is 10.7. The van der Waals surface area contributed by atoms with Crippen LogP contribution in [-0.4, -0.2) is 24.8 Å². The number of amides is 2. The first kappa shape index (κ1) is 20.3. The molecule has 158 valence electrons. The average molecular weight is 408 g/mol. The summed E-state index contributed by atoms with van der Waals surface area (Å²) in [6, 6.07) is 13.5. The van der Waals surface area contributed by atoms with E-state index in [1.54, 1.807) is 4.90 Å². The fourth-order valence-corrected chi connectivity index (χ4v) is 4.44. The minimum absolute atomic E-state index is 0.101. The van der Waals surface area contributed by atoms with Crippen LogP contribution in [0.2, 0.25) is 0 Å². The zero-order valence-corrected chi connectivity index (χ0v) is 17.5. The smallest absolute Gasteiger partial charge is 0.414 e. The van der Waals surface area contributed by atoms with Crippen molar-refractivity contribution in [2.24, 2.45) is 0 Å². The molecule has 2 aromatic rings. The molecule has 0 aromatic heterocycles. The van der Waals surface area contributed by atoms with Crippen LogP contribution in [0.3, 0.4) is 0 Å². The van der Waals surface area contributed by atoms with Crippen molar-refractivity contribution in [3.05, 3.63) is 64.7 Å². The first-order valence-electron chi connectivity index (χ1n) is 10.7. The number of hydrogen-bond acceptors (Lipinski definition) is 4. The van der Waals surface area contributed by atoms with Gasteiger partial charge in [-0.05, 0) is 67.9 Å². The van der Waals surface area contributed by atoms with E-state index >= 15 is 0 Å². The summed E-state index contributed by atoms with van der Waals surface area (Å²) in [6.45, 7) is 4.34. The van der Waals surface area contributed by atoms with Crippen molar-refractivity contribution in [2.45, 2.75) is 58.2 Å². The minimum Gasteiger partial charge on any atom is -0.449 e. The number of anilines is 1. The molecule has 0 unspecified atom stereocenters. The molecule has 2 aliphatic rings. The number of fused-ring (bicyclic) bond motifs is 2. The molecule has 0 fully saturated rings. The highest BCUT2D eigenvalue weighted by molar-refractivity contribution is 5.91. The van der Waals surface area contributed by atoms with Crippen LogP contribution in [0, 0.1) is 0 Å². The summed E-state index contributed by atoms with van der Waals surface area (Å²) in [4.78, 5) is 26.9. The van der Waals surface area contributed by atoms with Crippen molar-refractivity contribution in [1.82, 2.24) is 5.32 Å². The predicted molar refractivity (Wildman–Crippen MR) is 115 cm³/mol. The van der Waals surface area contributed by atoms with E-state index in [-0.39, 0.29) is 24.8 Å². The van der Waals surface area contributed by atoms with E-state index in [0.717, 1.165) is 36.1 Å². The van der Waals surface area contributed by atoms with Gasteiger partial charge in [-0.3, -0.25) is 4.90 Å². The second-order valence-corrected chi connectivity index (χ2v) is 7.95. The number of carbonyl (C=O) groups excluding carboxylic acids is 2. The Bertz CT molecular complexity index is 928. The molecule has 2 atom stereocenters. The molecule has 0 bridgehead atoms. The maximum atomic E-state index is 12.7. The van der Waals surface area contributed by atoms with Crippen molar-refractivity contribution in [1.29, 1.82) is 0 Å². The summed E-state index contributed by atoms with van der Waals surface area (Å²) in [5, 5.41) is 3.02. The van der Waals surface area contributed by atoms with Crippen LogP contribution in [0.1, 0.15) is 55.0 Å². The molecule has 1 heterocycles. The van der Waals surface area contributed by atoms with Crippen LogP contribution in [0.15, 0.2) is 42.5 Å². The fourth-order valence-electron chi connectivity index (χ4n) is 4.44. The Labute approximate surface area is 177 Å². The molecular weight excluding hydrogens is 380 g/mol. The molecule has 0 saturated carbocycles. The normalized spacial score (nSPS) is 19.6. The summed E-state index contributed by atoms with van der Waals surface area (Å²) in [7, 11) is 0. The largest absolute Gasteiger partial charge is 0.449 e. The Hall–Kier alpha value is -3.02. The van der Waals surface area contributed by atoms with Gasteiger partial charge in [0.05, 0.1) is 18.3 Å². The molecule has 2 aromatic carbocycles. The van der Waals surface area contributed by atoms with Crippen LogP contribution < -0.4 is 10.2 Å². The van der Waals surface area contributed by atoms with Crippen LogP contribution >= 0.6 is 0 Å². The SMILES string of the molecule is CCOC(=O)N1c2cc3c(cc2[C@H](NC(=O)OCc2ccccc2)C[C@@H]1C)CCC3. The van der Waals surface area contributed by atoms with Gasteiger partial charge in [-0.25, -0.2) is 9.59 Å². The third kappa shape index (κ3) is 4.13. The summed E-state index contributed by atoms with van der Waals surface area (Å²) >= 11 is 0. The second-order valence-electron chi connectivity index (χ2n) is 7.95. The van der Waals surface area contributed by atoms with E-state index in [9.17, 15) is 9.59 Å². The maximum absolute atomic E-state index is 12.7. The number of nitrogens with zero attached hydrogens (tertiary/aromatic N) is 1. The molecule has 0 saturated heterocycles. The Balaban J connectivity index is 1.56. The lowest BCUT2D eigenvalue weighted by molar-refractivity contribution is 0.133. The number of alkyl carbamates (subject to hydrolysis) is 1. The van der Waals surface area contributed by atoms with Gasteiger partial charge in [0, 0.05) is 6.04 Å². The summed E-state index contributed by atoms with van der Waals surface area (Å²) in [5.74, 6) is 0. The van der Waals surface area contributed by atoms with E-state index in [0.29, 0.717) is 13.0 Å². The van der Waals surface area contributed by atoms with Gasteiger partial charge in [-0.15, -0.1) is 0 Å². The Kier molecular flexibility index (Phi) is 5.93. The summed E-state index contributed by atoms with van der Waals surface area (Å²) < 4.78 is 10.7. The van der Waals surface area contributed by atoms with Crippen LogP contribution in [-0.2, 0) is 28.9 Å². The van der Waals surface area contributed by atoms with Gasteiger partial charge in [-0.1, -0.05) is 36.4 Å². The van der Waals surface area contributed by atoms with Crippen LogP contribution in [0.5, 0.6) is 0 Å². The predicted octanol–water partition coefficient (Wildman–Crippen LogP) is 4.90. The van der Waals surface area contributed by atoms with E-state index in [1.165, 1.54) is 11.1 Å². The third-order valence-corrected chi connectivity index (χ3v) is 5.86. The molecule has 1 aliphatic carbocycles. The number of benzene rings is 2. The lowest BCUT2D eigenvalue weighted by Crippen LogP contribution is -2.46. The molecule has 30 heavy (non-hydrogen) atoms. The molecule has 6 nitrogen and oxygen atoms in total. The molecular formula is C24H28N2O4. The van der Waals surface area contributed by atoms with Crippen LogP contribution in [0.25, 0.3) is 0 Å². The molecule has 2 amide bonds. The highest BCUT2D eigenvalue weighted by Gasteiger charge is 2.36. The Morgan fingerprint density at radius 2 is 1.83 bits per heavy atom. The molecule has 4 rings (SSSR count).